The van der Waals surface area contributed by atoms with Crippen molar-refractivity contribution in [1.82, 2.24) is 9.38 Å². The molecule has 5 aromatic rings. The third-order valence-electron chi connectivity index (χ3n) is 5.69. The van der Waals surface area contributed by atoms with Gasteiger partial charge in [-0.25, -0.2) is 4.98 Å². The normalized spacial score (nSPS) is 11.2. The molecule has 0 aliphatic heterocycles. The van der Waals surface area contributed by atoms with Crippen LogP contribution in [0.5, 0.6) is 11.5 Å². The molecule has 0 aliphatic rings. The molecule has 0 aliphatic carbocycles. The third kappa shape index (κ3) is 3.91. The average molecular weight is 510 g/mol. The van der Waals surface area contributed by atoms with Gasteiger partial charge in [0, 0.05) is 16.1 Å². The Kier molecular flexibility index (Phi) is 5.79. The van der Waals surface area contributed by atoms with Crippen LogP contribution in [0.2, 0.25) is 0 Å². The Balaban J connectivity index is 1.82. The van der Waals surface area contributed by atoms with Crippen LogP contribution in [0.4, 0.5) is 0 Å². The van der Waals surface area contributed by atoms with E-state index in [9.17, 15) is 5.26 Å². The minimum Gasteiger partial charge on any atom is -0.497 e. The van der Waals surface area contributed by atoms with Crippen LogP contribution in [0.3, 0.4) is 0 Å². The van der Waals surface area contributed by atoms with Crippen molar-refractivity contribution in [2.75, 3.05) is 14.2 Å². The molecular formula is C28H20BrN3O2. The SMILES string of the molecule is COc1cc(OC)cc(-c2cc(/C=C/c3ccc(Br)cc3)c(C#N)c3nc4ccccc4n23)c1. The molecule has 0 saturated heterocycles. The number of pyridine rings is 1. The number of methoxy groups -OCH3 is 2. The van der Waals surface area contributed by atoms with Gasteiger partial charge >= 0.3 is 0 Å². The lowest BCUT2D eigenvalue weighted by Crippen LogP contribution is -1.99. The fraction of sp³-hybridized carbons (Fsp3) is 0.0714. The van der Waals surface area contributed by atoms with Gasteiger partial charge in [0.15, 0.2) is 5.65 Å². The highest BCUT2D eigenvalue weighted by molar-refractivity contribution is 9.10. The summed E-state index contributed by atoms with van der Waals surface area (Å²) < 4.78 is 14.1. The quantitative estimate of drug-likeness (QED) is 0.256. The lowest BCUT2D eigenvalue weighted by Gasteiger charge is -2.13. The molecule has 0 spiro atoms. The molecule has 0 atom stereocenters. The zero-order valence-corrected chi connectivity index (χ0v) is 20.2. The molecule has 0 fully saturated rings. The van der Waals surface area contributed by atoms with Gasteiger partial charge in [-0.05, 0) is 53.6 Å². The molecule has 166 valence electrons. The van der Waals surface area contributed by atoms with Crippen LogP contribution in [0.1, 0.15) is 16.7 Å². The number of aromatic nitrogens is 2. The van der Waals surface area contributed by atoms with E-state index in [1.54, 1.807) is 14.2 Å². The van der Waals surface area contributed by atoms with Gasteiger partial charge in [0.1, 0.15) is 23.1 Å². The fourth-order valence-electron chi connectivity index (χ4n) is 4.02. The van der Waals surface area contributed by atoms with Gasteiger partial charge in [0.05, 0.1) is 30.9 Å². The van der Waals surface area contributed by atoms with Crippen LogP contribution < -0.4 is 9.47 Å². The standard InChI is InChI=1S/C28H20BrN3O2/c1-33-22-13-20(14-23(16-22)34-2)27-15-19(10-7-18-8-11-21(29)12-9-18)24(17-30)28-31-25-5-3-4-6-26(25)32(27)28/h3-16H,1-2H3/b10-7+. The Morgan fingerprint density at radius 1 is 0.912 bits per heavy atom. The van der Waals surface area contributed by atoms with Crippen LogP contribution in [-0.2, 0) is 0 Å². The van der Waals surface area contributed by atoms with Gasteiger partial charge in [-0.3, -0.25) is 4.40 Å². The molecular weight excluding hydrogens is 490 g/mol. The molecule has 5 rings (SSSR count). The van der Waals surface area contributed by atoms with Crippen molar-refractivity contribution >= 4 is 44.8 Å². The number of halogens is 1. The van der Waals surface area contributed by atoms with E-state index >= 15 is 0 Å². The van der Waals surface area contributed by atoms with E-state index in [1.807, 2.05) is 89.3 Å². The van der Waals surface area contributed by atoms with Crippen LogP contribution in [0, 0.1) is 11.3 Å². The van der Waals surface area contributed by atoms with E-state index in [4.69, 9.17) is 14.5 Å². The molecule has 6 heteroatoms. The van der Waals surface area contributed by atoms with Crippen LogP contribution >= 0.6 is 15.9 Å². The largest absolute Gasteiger partial charge is 0.497 e. The maximum Gasteiger partial charge on any atom is 0.157 e. The highest BCUT2D eigenvalue weighted by atomic mass is 79.9. The van der Waals surface area contributed by atoms with Gasteiger partial charge < -0.3 is 9.47 Å². The molecule has 0 saturated carbocycles. The summed E-state index contributed by atoms with van der Waals surface area (Å²) in [4.78, 5) is 4.82. The van der Waals surface area contributed by atoms with E-state index in [1.165, 1.54) is 0 Å². The maximum absolute atomic E-state index is 10.1. The predicted molar refractivity (Wildman–Crippen MR) is 139 cm³/mol. The van der Waals surface area contributed by atoms with Crippen molar-refractivity contribution < 1.29 is 9.47 Å². The Morgan fingerprint density at radius 2 is 1.62 bits per heavy atom. The van der Waals surface area contributed by atoms with E-state index < -0.39 is 0 Å². The van der Waals surface area contributed by atoms with Gasteiger partial charge in [0.25, 0.3) is 0 Å². The number of nitriles is 1. The van der Waals surface area contributed by atoms with Crippen LogP contribution in [-0.4, -0.2) is 23.6 Å². The molecule has 34 heavy (non-hydrogen) atoms. The van der Waals surface area contributed by atoms with Gasteiger partial charge in [0.2, 0.25) is 0 Å². The minimum absolute atomic E-state index is 0.517. The van der Waals surface area contributed by atoms with Crippen molar-refractivity contribution in [3.05, 3.63) is 94.0 Å². The number of rotatable bonds is 5. The summed E-state index contributed by atoms with van der Waals surface area (Å²) in [6, 6.07) is 26.0. The van der Waals surface area contributed by atoms with E-state index in [0.717, 1.165) is 37.9 Å². The number of hydrogen-bond acceptors (Lipinski definition) is 4. The van der Waals surface area contributed by atoms with E-state index in [2.05, 4.69) is 22.0 Å². The Hall–Kier alpha value is -4.08. The first-order valence-corrected chi connectivity index (χ1v) is 11.4. The van der Waals surface area contributed by atoms with Crippen molar-refractivity contribution in [2.45, 2.75) is 0 Å². The molecule has 0 radical (unpaired) electrons. The highest BCUT2D eigenvalue weighted by Gasteiger charge is 2.18. The molecule has 0 N–H and O–H groups in total. The highest BCUT2D eigenvalue weighted by Crippen LogP contribution is 2.35. The lowest BCUT2D eigenvalue weighted by atomic mass is 10.0. The summed E-state index contributed by atoms with van der Waals surface area (Å²) in [5.41, 5.74) is 6.47. The van der Waals surface area contributed by atoms with Crippen LogP contribution in [0.25, 0.3) is 40.1 Å². The van der Waals surface area contributed by atoms with Gasteiger partial charge in [-0.1, -0.05) is 52.3 Å². The Morgan fingerprint density at radius 3 is 2.29 bits per heavy atom. The number of benzene rings is 3. The fourth-order valence-corrected chi connectivity index (χ4v) is 4.29. The van der Waals surface area contributed by atoms with Gasteiger partial charge in [-0.15, -0.1) is 0 Å². The predicted octanol–water partition coefficient (Wildman–Crippen LogP) is 6.98. The number of ether oxygens (including phenoxy) is 2. The minimum atomic E-state index is 0.517. The van der Waals surface area contributed by atoms with E-state index in [-0.39, 0.29) is 0 Å². The second-order valence-corrected chi connectivity index (χ2v) is 8.63. The van der Waals surface area contributed by atoms with Gasteiger partial charge in [-0.2, -0.15) is 5.26 Å². The third-order valence-corrected chi connectivity index (χ3v) is 6.22. The second kappa shape index (κ2) is 9.05. The summed E-state index contributed by atoms with van der Waals surface area (Å²) in [6.45, 7) is 0. The molecule has 2 aromatic heterocycles. The number of imidazole rings is 1. The number of hydrogen-bond donors (Lipinski definition) is 0. The molecule has 0 amide bonds. The Bertz CT molecular complexity index is 1570. The number of para-hydroxylation sites is 2. The maximum atomic E-state index is 10.1. The summed E-state index contributed by atoms with van der Waals surface area (Å²) in [6.07, 6.45) is 3.96. The smallest absolute Gasteiger partial charge is 0.157 e. The van der Waals surface area contributed by atoms with Crippen molar-refractivity contribution in [1.29, 1.82) is 5.26 Å². The number of nitrogens with zero attached hydrogens (tertiary/aromatic N) is 3. The number of fused-ring (bicyclic) bond motifs is 3. The first kappa shape index (κ1) is 21.7. The Labute approximate surface area is 205 Å². The summed E-state index contributed by atoms with van der Waals surface area (Å²) in [5.74, 6) is 1.37. The second-order valence-electron chi connectivity index (χ2n) is 7.72. The molecule has 0 bridgehead atoms. The topological polar surface area (TPSA) is 59.5 Å². The van der Waals surface area contributed by atoms with Crippen molar-refractivity contribution in [3.63, 3.8) is 0 Å². The van der Waals surface area contributed by atoms with E-state index in [0.29, 0.717) is 22.7 Å². The summed E-state index contributed by atoms with van der Waals surface area (Å²) in [5, 5.41) is 10.1. The molecule has 2 heterocycles. The van der Waals surface area contributed by atoms with Crippen LogP contribution in [0.15, 0.2) is 77.3 Å². The average Bonchev–Trinajstić information content (AvgIpc) is 3.26. The lowest BCUT2D eigenvalue weighted by molar-refractivity contribution is 0.394. The van der Waals surface area contributed by atoms with Crippen molar-refractivity contribution in [3.8, 4) is 28.8 Å². The summed E-state index contributed by atoms with van der Waals surface area (Å²) >= 11 is 3.47. The first-order chi connectivity index (χ1) is 16.6. The van der Waals surface area contributed by atoms with Crippen molar-refractivity contribution in [2.24, 2.45) is 0 Å². The summed E-state index contributed by atoms with van der Waals surface area (Å²) in [7, 11) is 3.26. The molecule has 5 nitrogen and oxygen atoms in total. The zero-order valence-electron chi connectivity index (χ0n) is 18.6. The first-order valence-electron chi connectivity index (χ1n) is 10.6. The molecule has 3 aromatic carbocycles. The molecule has 0 unspecified atom stereocenters. The monoisotopic (exact) mass is 509 g/mol. The zero-order chi connectivity index (χ0) is 23.7.